The highest BCUT2D eigenvalue weighted by Crippen LogP contribution is 2.37. The molecule has 106 valence electrons. The lowest BCUT2D eigenvalue weighted by atomic mass is 9.83. The van der Waals surface area contributed by atoms with Crippen LogP contribution in [0.2, 0.25) is 0 Å². The largest absolute Gasteiger partial charge is 0.326 e. The molecule has 1 saturated carbocycles. The Hall–Kier alpha value is -0.450. The highest BCUT2D eigenvalue weighted by Gasteiger charge is 2.41. The summed E-state index contributed by atoms with van der Waals surface area (Å²) in [6.45, 7) is 0. The van der Waals surface area contributed by atoms with Crippen molar-refractivity contribution in [3.05, 3.63) is 34.1 Å². The molecule has 2 rings (SSSR count). The smallest absolute Gasteiger partial charge is 0.127 e. The molecule has 2 nitrogen and oxygen atoms in total. The summed E-state index contributed by atoms with van der Waals surface area (Å²) in [7, 11) is 4.17. The zero-order chi connectivity index (χ0) is 14.0. The minimum atomic E-state index is -0.170. The van der Waals surface area contributed by atoms with E-state index in [4.69, 9.17) is 5.73 Å². The summed E-state index contributed by atoms with van der Waals surface area (Å²) in [5, 5.41) is 0. The van der Waals surface area contributed by atoms with E-state index < -0.39 is 0 Å². The van der Waals surface area contributed by atoms with Gasteiger partial charge in [-0.3, -0.25) is 0 Å². The van der Waals surface area contributed by atoms with Crippen LogP contribution in [0.15, 0.2) is 22.7 Å². The van der Waals surface area contributed by atoms with Crippen LogP contribution in [0.1, 0.15) is 31.2 Å². The van der Waals surface area contributed by atoms with E-state index in [1.165, 1.54) is 18.9 Å². The van der Waals surface area contributed by atoms with Crippen LogP contribution in [0.5, 0.6) is 0 Å². The van der Waals surface area contributed by atoms with Gasteiger partial charge in [0.15, 0.2) is 0 Å². The van der Waals surface area contributed by atoms with Crippen molar-refractivity contribution in [1.29, 1.82) is 0 Å². The van der Waals surface area contributed by atoms with Gasteiger partial charge in [0.25, 0.3) is 0 Å². The summed E-state index contributed by atoms with van der Waals surface area (Å²) < 4.78 is 14.7. The van der Waals surface area contributed by atoms with Crippen LogP contribution in [0.3, 0.4) is 0 Å². The number of hydrogen-bond donors (Lipinski definition) is 1. The van der Waals surface area contributed by atoms with Crippen LogP contribution in [0.4, 0.5) is 4.39 Å². The highest BCUT2D eigenvalue weighted by atomic mass is 79.9. The normalized spacial score (nSPS) is 19.9. The van der Waals surface area contributed by atoms with Crippen LogP contribution in [-0.4, -0.2) is 30.6 Å². The molecule has 1 fully saturated rings. The molecule has 0 spiro atoms. The van der Waals surface area contributed by atoms with Gasteiger partial charge in [0.2, 0.25) is 0 Å². The Morgan fingerprint density at radius 1 is 1.37 bits per heavy atom. The zero-order valence-corrected chi connectivity index (χ0v) is 13.2. The average Bonchev–Trinajstić information content (AvgIpc) is 2.83. The van der Waals surface area contributed by atoms with Crippen molar-refractivity contribution in [2.24, 2.45) is 5.73 Å². The van der Waals surface area contributed by atoms with Crippen molar-refractivity contribution in [1.82, 2.24) is 4.90 Å². The van der Waals surface area contributed by atoms with E-state index in [1.54, 1.807) is 0 Å². The molecule has 4 heteroatoms. The number of nitrogens with two attached hydrogens (primary N) is 1. The summed E-state index contributed by atoms with van der Waals surface area (Å²) >= 11 is 3.28. The molecule has 1 aliphatic carbocycles. The van der Waals surface area contributed by atoms with E-state index in [0.717, 1.165) is 17.3 Å². The summed E-state index contributed by atoms with van der Waals surface area (Å²) in [6, 6.07) is 5.19. The molecule has 1 aromatic rings. The van der Waals surface area contributed by atoms with Crippen molar-refractivity contribution in [2.75, 3.05) is 14.1 Å². The number of hydrogen-bond acceptors (Lipinski definition) is 2. The minimum absolute atomic E-state index is 0.0272. The van der Waals surface area contributed by atoms with Crippen molar-refractivity contribution in [3.8, 4) is 0 Å². The number of likely N-dealkylation sites (N-methyl/N-ethyl adjacent to an activating group) is 1. The van der Waals surface area contributed by atoms with Crippen molar-refractivity contribution >= 4 is 15.9 Å². The van der Waals surface area contributed by atoms with Gasteiger partial charge in [-0.25, -0.2) is 4.39 Å². The summed E-state index contributed by atoms with van der Waals surface area (Å²) in [4.78, 5) is 2.24. The Bertz CT molecular complexity index is 442. The third-order valence-corrected chi connectivity index (χ3v) is 5.00. The number of rotatable bonds is 4. The molecule has 1 aromatic carbocycles. The average molecular weight is 329 g/mol. The van der Waals surface area contributed by atoms with Crippen LogP contribution in [-0.2, 0) is 6.42 Å². The van der Waals surface area contributed by atoms with Crippen LogP contribution in [0.25, 0.3) is 0 Å². The molecule has 0 saturated heterocycles. The Kier molecular flexibility index (Phi) is 4.64. The third kappa shape index (κ3) is 3.01. The monoisotopic (exact) mass is 328 g/mol. The maximum Gasteiger partial charge on any atom is 0.127 e. The topological polar surface area (TPSA) is 29.3 Å². The zero-order valence-electron chi connectivity index (χ0n) is 11.6. The first-order chi connectivity index (χ1) is 8.95. The Balaban J connectivity index is 2.17. The van der Waals surface area contributed by atoms with Gasteiger partial charge in [0, 0.05) is 16.1 Å². The molecular weight excluding hydrogens is 307 g/mol. The summed E-state index contributed by atoms with van der Waals surface area (Å²) in [5.74, 6) is -0.170. The fourth-order valence-electron chi connectivity index (χ4n) is 3.25. The Morgan fingerprint density at radius 2 is 2.00 bits per heavy atom. The molecule has 19 heavy (non-hydrogen) atoms. The maximum atomic E-state index is 13.9. The van der Waals surface area contributed by atoms with Gasteiger partial charge in [-0.05, 0) is 51.1 Å². The van der Waals surface area contributed by atoms with Crippen LogP contribution >= 0.6 is 15.9 Å². The summed E-state index contributed by atoms with van der Waals surface area (Å²) in [5.41, 5.74) is 7.17. The number of halogens is 2. The number of benzene rings is 1. The van der Waals surface area contributed by atoms with Crippen molar-refractivity contribution in [3.63, 3.8) is 0 Å². The second-order valence-corrected chi connectivity index (χ2v) is 6.67. The standard InChI is InChI=1S/C15H22BrFN2/c1-19(2)15(7-3-4-8-15)14(18)9-11-5-6-12(16)10-13(11)17/h5-6,10,14H,3-4,7-9,18H2,1-2H3. The lowest BCUT2D eigenvalue weighted by Gasteiger charge is -2.41. The van der Waals surface area contributed by atoms with E-state index in [1.807, 2.05) is 12.1 Å². The first-order valence-corrected chi connectivity index (χ1v) is 7.62. The predicted octanol–water partition coefficient (Wildman–Crippen LogP) is 3.33. The lowest BCUT2D eigenvalue weighted by molar-refractivity contribution is 0.122. The van der Waals surface area contributed by atoms with E-state index >= 15 is 0 Å². The van der Waals surface area contributed by atoms with Gasteiger partial charge in [-0.2, -0.15) is 0 Å². The summed E-state index contributed by atoms with van der Waals surface area (Å²) in [6.07, 6.45) is 5.25. The van der Waals surface area contributed by atoms with Gasteiger partial charge >= 0.3 is 0 Å². The van der Waals surface area contributed by atoms with Gasteiger partial charge in [0.1, 0.15) is 5.82 Å². The van der Waals surface area contributed by atoms with E-state index in [9.17, 15) is 4.39 Å². The van der Waals surface area contributed by atoms with Crippen molar-refractivity contribution < 1.29 is 4.39 Å². The van der Waals surface area contributed by atoms with Gasteiger partial charge < -0.3 is 10.6 Å². The fourth-order valence-corrected chi connectivity index (χ4v) is 3.58. The van der Waals surface area contributed by atoms with E-state index in [-0.39, 0.29) is 17.4 Å². The Labute approximate surface area is 123 Å². The molecule has 1 atom stereocenters. The highest BCUT2D eigenvalue weighted by molar-refractivity contribution is 9.10. The molecule has 0 aromatic heterocycles. The molecular formula is C15H22BrFN2. The second-order valence-electron chi connectivity index (χ2n) is 5.75. The van der Waals surface area contributed by atoms with Crippen LogP contribution in [0, 0.1) is 5.82 Å². The van der Waals surface area contributed by atoms with E-state index in [0.29, 0.717) is 12.0 Å². The van der Waals surface area contributed by atoms with Crippen LogP contribution < -0.4 is 5.73 Å². The Morgan fingerprint density at radius 3 is 2.53 bits per heavy atom. The minimum Gasteiger partial charge on any atom is -0.326 e. The molecule has 1 aliphatic rings. The molecule has 0 heterocycles. The van der Waals surface area contributed by atoms with Gasteiger partial charge in [0.05, 0.1) is 0 Å². The van der Waals surface area contributed by atoms with E-state index in [2.05, 4.69) is 34.9 Å². The second kappa shape index (κ2) is 5.90. The lowest BCUT2D eigenvalue weighted by Crippen LogP contribution is -2.56. The molecule has 0 bridgehead atoms. The maximum absolute atomic E-state index is 13.9. The third-order valence-electron chi connectivity index (χ3n) is 4.51. The molecule has 0 amide bonds. The molecule has 0 radical (unpaired) electrons. The fraction of sp³-hybridized carbons (Fsp3) is 0.600. The first kappa shape index (κ1) is 14.9. The SMILES string of the molecule is CN(C)C1(C(N)Cc2ccc(Br)cc2F)CCCC1. The van der Waals surface area contributed by atoms with Gasteiger partial charge in [-0.1, -0.05) is 34.8 Å². The quantitative estimate of drug-likeness (QED) is 0.918. The first-order valence-electron chi connectivity index (χ1n) is 6.82. The van der Waals surface area contributed by atoms with Gasteiger partial charge in [-0.15, -0.1) is 0 Å². The molecule has 0 aliphatic heterocycles. The molecule has 1 unspecified atom stereocenters. The molecule has 2 N–H and O–H groups in total. The predicted molar refractivity (Wildman–Crippen MR) is 80.7 cm³/mol. The van der Waals surface area contributed by atoms with Crippen molar-refractivity contribution in [2.45, 2.75) is 43.7 Å². The number of nitrogens with zero attached hydrogens (tertiary/aromatic N) is 1.